The summed E-state index contributed by atoms with van der Waals surface area (Å²) in [5, 5.41) is 3.15. The van der Waals surface area contributed by atoms with Gasteiger partial charge in [-0.05, 0) is 45.2 Å². The summed E-state index contributed by atoms with van der Waals surface area (Å²) in [5.41, 5.74) is 0.337. The van der Waals surface area contributed by atoms with Crippen LogP contribution in [0.25, 0.3) is 0 Å². The number of anilines is 1. The molecule has 0 spiro atoms. The molecule has 172 valence electrons. The number of nitrogens with one attached hydrogen (secondary N) is 1. The van der Waals surface area contributed by atoms with E-state index in [-0.39, 0.29) is 36.7 Å². The van der Waals surface area contributed by atoms with E-state index in [0.29, 0.717) is 12.1 Å². The quantitative estimate of drug-likeness (QED) is 0.677. The monoisotopic (exact) mass is 449 g/mol. The normalized spacial score (nSPS) is 24.1. The van der Waals surface area contributed by atoms with Crippen molar-refractivity contribution >= 4 is 27.5 Å². The average Bonchev–Trinajstić information content (AvgIpc) is 2.97. The summed E-state index contributed by atoms with van der Waals surface area (Å²) >= 11 is 0. The molecule has 31 heavy (non-hydrogen) atoms. The fourth-order valence-electron chi connectivity index (χ4n) is 4.61. The number of aryl methyl sites for hydroxylation is 1. The topological polar surface area (TPSA) is 86.8 Å². The van der Waals surface area contributed by atoms with Gasteiger partial charge in [0.15, 0.2) is 0 Å². The lowest BCUT2D eigenvalue weighted by molar-refractivity contribution is -0.133. The second-order valence-corrected chi connectivity index (χ2v) is 11.2. The van der Waals surface area contributed by atoms with Gasteiger partial charge in [0.05, 0.1) is 12.3 Å². The Hall–Kier alpha value is -1.93. The van der Waals surface area contributed by atoms with Crippen LogP contribution in [0.2, 0.25) is 0 Å². The maximum Gasteiger partial charge on any atom is 0.247 e. The lowest BCUT2D eigenvalue weighted by Gasteiger charge is -2.47. The van der Waals surface area contributed by atoms with E-state index in [1.165, 1.54) is 22.0 Å². The van der Waals surface area contributed by atoms with Crippen LogP contribution in [-0.4, -0.2) is 55.0 Å². The van der Waals surface area contributed by atoms with Crippen molar-refractivity contribution in [1.82, 2.24) is 9.62 Å². The summed E-state index contributed by atoms with van der Waals surface area (Å²) in [6, 6.07) is 7.49. The van der Waals surface area contributed by atoms with Gasteiger partial charge < -0.3 is 5.32 Å². The molecule has 1 saturated carbocycles. The third-order valence-electron chi connectivity index (χ3n) is 6.37. The standard InChI is InChI=1S/C23H35N3O4S/c1-4-15-31(29,30)25-16-21(27)26(20-13-11-18(2)12-14-20)23(3,17-25)22(28)24-19-9-7-5-6-8-10-19/h11-14,19H,4-10,15-17H2,1-3H3,(H,24,28)/t23-/m0/s1. The molecule has 0 radical (unpaired) electrons. The zero-order chi connectivity index (χ0) is 22.6. The van der Waals surface area contributed by atoms with E-state index < -0.39 is 15.6 Å². The molecule has 1 aromatic carbocycles. The molecular formula is C23H35N3O4S. The number of nitrogens with zero attached hydrogens (tertiary/aromatic N) is 2. The second kappa shape index (κ2) is 9.69. The van der Waals surface area contributed by atoms with Gasteiger partial charge in [0.2, 0.25) is 21.8 Å². The van der Waals surface area contributed by atoms with Crippen molar-refractivity contribution in [2.75, 3.05) is 23.7 Å². The molecule has 2 aliphatic rings. The molecule has 3 rings (SSSR count). The Morgan fingerprint density at radius 1 is 1.13 bits per heavy atom. The van der Waals surface area contributed by atoms with Crippen molar-refractivity contribution in [3.63, 3.8) is 0 Å². The molecule has 0 unspecified atom stereocenters. The van der Waals surface area contributed by atoms with Crippen molar-refractivity contribution in [2.45, 2.75) is 77.3 Å². The van der Waals surface area contributed by atoms with Crippen molar-refractivity contribution in [3.8, 4) is 0 Å². The predicted molar refractivity (Wildman–Crippen MR) is 122 cm³/mol. The first-order valence-electron chi connectivity index (χ1n) is 11.4. The van der Waals surface area contributed by atoms with Crippen LogP contribution in [0, 0.1) is 6.92 Å². The molecule has 0 aromatic heterocycles. The van der Waals surface area contributed by atoms with Crippen LogP contribution >= 0.6 is 0 Å². The number of hydrogen-bond donors (Lipinski definition) is 1. The highest BCUT2D eigenvalue weighted by Crippen LogP contribution is 2.32. The van der Waals surface area contributed by atoms with Gasteiger partial charge in [-0.3, -0.25) is 14.5 Å². The van der Waals surface area contributed by atoms with Gasteiger partial charge in [0, 0.05) is 18.3 Å². The summed E-state index contributed by atoms with van der Waals surface area (Å²) < 4.78 is 26.8. The average molecular weight is 450 g/mol. The molecule has 1 N–H and O–H groups in total. The maximum atomic E-state index is 13.6. The van der Waals surface area contributed by atoms with Crippen LogP contribution in [0.4, 0.5) is 5.69 Å². The van der Waals surface area contributed by atoms with Gasteiger partial charge in [-0.25, -0.2) is 8.42 Å². The van der Waals surface area contributed by atoms with Crippen LogP contribution in [0.3, 0.4) is 0 Å². The van der Waals surface area contributed by atoms with Gasteiger partial charge in [-0.1, -0.05) is 50.3 Å². The molecule has 1 aromatic rings. The number of carbonyl (C=O) groups is 2. The number of hydrogen-bond acceptors (Lipinski definition) is 4. The van der Waals surface area contributed by atoms with E-state index in [9.17, 15) is 18.0 Å². The summed E-state index contributed by atoms with van der Waals surface area (Å²) in [5.74, 6) is -0.705. The fraction of sp³-hybridized carbons (Fsp3) is 0.652. The Labute approximate surface area is 186 Å². The van der Waals surface area contributed by atoms with Crippen LogP contribution in [0.5, 0.6) is 0 Å². The lowest BCUT2D eigenvalue weighted by Crippen LogP contribution is -2.71. The Morgan fingerprint density at radius 2 is 1.74 bits per heavy atom. The van der Waals surface area contributed by atoms with E-state index in [0.717, 1.165) is 31.2 Å². The largest absolute Gasteiger partial charge is 0.351 e. The minimum atomic E-state index is -3.62. The first-order chi connectivity index (χ1) is 14.7. The number of amides is 2. The molecule has 1 heterocycles. The first-order valence-corrected chi connectivity index (χ1v) is 13.0. The lowest BCUT2D eigenvalue weighted by atomic mass is 9.93. The summed E-state index contributed by atoms with van der Waals surface area (Å²) in [7, 11) is -3.62. The molecule has 0 bridgehead atoms. The summed E-state index contributed by atoms with van der Waals surface area (Å²) in [4.78, 5) is 28.3. The molecule has 2 amide bonds. The van der Waals surface area contributed by atoms with Gasteiger partial charge in [0.1, 0.15) is 5.54 Å². The Bertz CT molecular complexity index is 892. The molecule has 1 saturated heterocycles. The van der Waals surface area contributed by atoms with E-state index in [1.54, 1.807) is 13.8 Å². The van der Waals surface area contributed by atoms with Gasteiger partial charge in [0.25, 0.3) is 0 Å². The molecule has 7 nitrogen and oxygen atoms in total. The SMILES string of the molecule is CCCS(=O)(=O)N1CC(=O)N(c2ccc(C)cc2)[C@](C)(C(=O)NC2CCCCCC2)C1. The number of piperazine rings is 1. The zero-order valence-electron chi connectivity index (χ0n) is 18.9. The van der Waals surface area contributed by atoms with E-state index in [2.05, 4.69) is 5.32 Å². The third kappa shape index (κ3) is 5.29. The van der Waals surface area contributed by atoms with Gasteiger partial charge >= 0.3 is 0 Å². The van der Waals surface area contributed by atoms with E-state index in [4.69, 9.17) is 0 Å². The molecule has 8 heteroatoms. The maximum absolute atomic E-state index is 13.6. The Balaban J connectivity index is 1.95. The van der Waals surface area contributed by atoms with Crippen molar-refractivity contribution in [1.29, 1.82) is 0 Å². The summed E-state index contributed by atoms with van der Waals surface area (Å²) in [6.45, 7) is 5.14. The number of sulfonamides is 1. The van der Waals surface area contributed by atoms with Crippen molar-refractivity contribution in [3.05, 3.63) is 29.8 Å². The smallest absolute Gasteiger partial charge is 0.247 e. The van der Waals surface area contributed by atoms with E-state index >= 15 is 0 Å². The Kier molecular flexibility index (Phi) is 7.42. The summed E-state index contributed by atoms with van der Waals surface area (Å²) in [6.07, 6.45) is 6.76. The van der Waals surface area contributed by atoms with E-state index in [1.807, 2.05) is 31.2 Å². The van der Waals surface area contributed by atoms with Crippen LogP contribution in [-0.2, 0) is 19.6 Å². The van der Waals surface area contributed by atoms with Crippen molar-refractivity contribution in [2.24, 2.45) is 0 Å². The highest BCUT2D eigenvalue weighted by atomic mass is 32.2. The molecule has 2 fully saturated rings. The Morgan fingerprint density at radius 3 is 2.32 bits per heavy atom. The van der Waals surface area contributed by atoms with Gasteiger partial charge in [-0.15, -0.1) is 0 Å². The molecular weight excluding hydrogens is 414 g/mol. The molecule has 1 atom stereocenters. The third-order valence-corrected chi connectivity index (χ3v) is 8.34. The van der Waals surface area contributed by atoms with Crippen molar-refractivity contribution < 1.29 is 18.0 Å². The first kappa shape index (κ1) is 23.7. The fourth-order valence-corrected chi connectivity index (χ4v) is 6.14. The minimum Gasteiger partial charge on any atom is -0.351 e. The number of carbonyl (C=O) groups excluding carboxylic acids is 2. The van der Waals surface area contributed by atoms with Gasteiger partial charge in [-0.2, -0.15) is 4.31 Å². The highest BCUT2D eigenvalue weighted by Gasteiger charge is 2.51. The van der Waals surface area contributed by atoms with Crippen LogP contribution in [0.1, 0.15) is 64.4 Å². The minimum absolute atomic E-state index is 0.0366. The predicted octanol–water partition coefficient (Wildman–Crippen LogP) is 2.98. The zero-order valence-corrected chi connectivity index (χ0v) is 19.7. The van der Waals surface area contributed by atoms with Crippen LogP contribution < -0.4 is 10.2 Å². The number of rotatable bonds is 6. The molecule has 1 aliphatic carbocycles. The number of benzene rings is 1. The second-order valence-electron chi connectivity index (χ2n) is 9.08. The molecule has 1 aliphatic heterocycles. The highest BCUT2D eigenvalue weighted by molar-refractivity contribution is 7.89. The van der Waals surface area contributed by atoms with Crippen LogP contribution in [0.15, 0.2) is 24.3 Å².